The molecule has 0 aromatic rings. The fourth-order valence-corrected chi connectivity index (χ4v) is 4.19. The number of hydrogen-bond donors (Lipinski definition) is 4. The van der Waals surface area contributed by atoms with Crippen molar-refractivity contribution in [3.05, 3.63) is 0 Å². The summed E-state index contributed by atoms with van der Waals surface area (Å²) in [6, 6.07) is -1.29. The van der Waals surface area contributed by atoms with Crippen LogP contribution in [0.3, 0.4) is 0 Å². The van der Waals surface area contributed by atoms with Gasteiger partial charge in [0.05, 0.1) is 12.5 Å². The second-order valence-electron chi connectivity index (χ2n) is 9.51. The molecule has 0 saturated carbocycles. The number of nitrogens with one attached hydrogen (secondary N) is 3. The molecule has 3 amide bonds. The third kappa shape index (κ3) is 9.98. The molecule has 2 aliphatic rings. The first-order chi connectivity index (χ1) is 15.8. The number of carboxylic acids is 1. The first-order valence-corrected chi connectivity index (χ1v) is 12.2. The average molecular weight is 469 g/mol. The van der Waals surface area contributed by atoms with Crippen LogP contribution in [-0.4, -0.2) is 79.3 Å². The van der Waals surface area contributed by atoms with E-state index in [2.05, 4.69) is 16.0 Å². The van der Waals surface area contributed by atoms with Crippen LogP contribution in [0.25, 0.3) is 0 Å². The highest BCUT2D eigenvalue weighted by atomic mass is 16.5. The molecule has 0 spiro atoms. The van der Waals surface area contributed by atoms with E-state index in [-0.39, 0.29) is 30.9 Å². The van der Waals surface area contributed by atoms with E-state index in [4.69, 9.17) is 4.74 Å². The highest BCUT2D eigenvalue weighted by Crippen LogP contribution is 2.21. The summed E-state index contributed by atoms with van der Waals surface area (Å²) < 4.78 is 4.99. The van der Waals surface area contributed by atoms with Gasteiger partial charge in [0.25, 0.3) is 0 Å². The molecular formula is C23H40N4O6. The van der Waals surface area contributed by atoms with Gasteiger partial charge in [-0.1, -0.05) is 13.8 Å². The Morgan fingerprint density at radius 2 is 1.88 bits per heavy atom. The van der Waals surface area contributed by atoms with E-state index in [0.717, 1.165) is 38.8 Å². The number of aliphatic carboxylic acids is 1. The summed E-state index contributed by atoms with van der Waals surface area (Å²) in [6.07, 6.45) is 4.82. The maximum atomic E-state index is 12.7. The molecule has 10 nitrogen and oxygen atoms in total. The van der Waals surface area contributed by atoms with Gasteiger partial charge in [0, 0.05) is 26.1 Å². The molecule has 0 radical (unpaired) electrons. The van der Waals surface area contributed by atoms with Gasteiger partial charge in [-0.15, -0.1) is 0 Å². The highest BCUT2D eigenvalue weighted by Gasteiger charge is 2.30. The zero-order valence-electron chi connectivity index (χ0n) is 19.9. The van der Waals surface area contributed by atoms with Crippen molar-refractivity contribution in [2.24, 2.45) is 17.8 Å². The molecule has 2 saturated heterocycles. The molecule has 2 atom stereocenters. The number of rotatable bonds is 11. The predicted octanol–water partition coefficient (Wildman–Crippen LogP) is 1.35. The summed E-state index contributed by atoms with van der Waals surface area (Å²) >= 11 is 0. The molecule has 2 rings (SSSR count). The number of nitrogens with zero attached hydrogens (tertiary/aromatic N) is 1. The monoisotopic (exact) mass is 468 g/mol. The van der Waals surface area contributed by atoms with Gasteiger partial charge in [0.1, 0.15) is 6.04 Å². The maximum absolute atomic E-state index is 12.7. The number of amides is 3. The predicted molar refractivity (Wildman–Crippen MR) is 123 cm³/mol. The van der Waals surface area contributed by atoms with Crippen LogP contribution < -0.4 is 16.0 Å². The number of likely N-dealkylation sites (tertiary alicyclic amines) is 1. The Labute approximate surface area is 196 Å². The smallest absolute Gasteiger partial charge is 0.407 e. The molecule has 0 aromatic heterocycles. The molecule has 0 unspecified atom stereocenters. The van der Waals surface area contributed by atoms with Crippen LogP contribution >= 0.6 is 0 Å². The number of alkyl carbamates (subject to hydrolysis) is 1. The van der Waals surface area contributed by atoms with Crippen molar-refractivity contribution in [3.63, 3.8) is 0 Å². The summed E-state index contributed by atoms with van der Waals surface area (Å²) in [5.41, 5.74) is 0. The summed E-state index contributed by atoms with van der Waals surface area (Å²) in [5, 5.41) is 17.6. The zero-order chi connectivity index (χ0) is 24.2. The number of carbonyl (C=O) groups excluding carboxylic acids is 3. The first kappa shape index (κ1) is 26.9. The standard InChI is InChI=1S/C23H40N4O6/c1-16(2)9-13-33-23(32)26-19(22(30)31)14-25-21(29)18-4-3-12-27(15-18)20(28)6-5-17-7-10-24-11-8-17/h16-19,24H,3-15H2,1-2H3,(H,25,29)(H,26,32)(H,30,31)/t18-,19+/m1/s1. The molecular weight excluding hydrogens is 428 g/mol. The van der Waals surface area contributed by atoms with Crippen molar-refractivity contribution < 1.29 is 29.0 Å². The van der Waals surface area contributed by atoms with E-state index in [1.165, 1.54) is 0 Å². The van der Waals surface area contributed by atoms with Crippen LogP contribution in [0.2, 0.25) is 0 Å². The van der Waals surface area contributed by atoms with Gasteiger partial charge < -0.3 is 30.7 Å². The van der Waals surface area contributed by atoms with Gasteiger partial charge in [-0.05, 0) is 63.5 Å². The largest absolute Gasteiger partial charge is 0.480 e. The second kappa shape index (κ2) is 14.0. The van der Waals surface area contributed by atoms with Gasteiger partial charge in [0.15, 0.2) is 0 Å². The van der Waals surface area contributed by atoms with Crippen molar-refractivity contribution in [2.75, 3.05) is 39.3 Å². The van der Waals surface area contributed by atoms with Crippen molar-refractivity contribution in [1.82, 2.24) is 20.9 Å². The summed E-state index contributed by atoms with van der Waals surface area (Å²) in [6.45, 7) is 6.95. The van der Waals surface area contributed by atoms with Crippen LogP contribution in [0.4, 0.5) is 4.79 Å². The normalized spacial score (nSPS) is 20.2. The average Bonchev–Trinajstić information content (AvgIpc) is 2.80. The van der Waals surface area contributed by atoms with Crippen LogP contribution in [0, 0.1) is 17.8 Å². The Morgan fingerprint density at radius 1 is 1.15 bits per heavy atom. The Balaban J connectivity index is 1.74. The molecule has 0 bridgehead atoms. The molecule has 0 aliphatic carbocycles. The van der Waals surface area contributed by atoms with Gasteiger partial charge in [-0.3, -0.25) is 9.59 Å². The van der Waals surface area contributed by atoms with Gasteiger partial charge in [0.2, 0.25) is 11.8 Å². The molecule has 4 N–H and O–H groups in total. The molecule has 188 valence electrons. The highest BCUT2D eigenvalue weighted by molar-refractivity contribution is 5.83. The number of carboxylic acid groups (broad SMARTS) is 1. The fraction of sp³-hybridized carbons (Fsp3) is 0.826. The molecule has 33 heavy (non-hydrogen) atoms. The molecule has 2 heterocycles. The first-order valence-electron chi connectivity index (χ1n) is 12.2. The van der Waals surface area contributed by atoms with Crippen molar-refractivity contribution in [2.45, 2.75) is 64.8 Å². The van der Waals surface area contributed by atoms with E-state index < -0.39 is 18.1 Å². The number of piperidine rings is 2. The van der Waals surface area contributed by atoms with E-state index in [1.807, 2.05) is 13.8 Å². The Morgan fingerprint density at radius 3 is 2.55 bits per heavy atom. The van der Waals surface area contributed by atoms with Crippen LogP contribution in [0.1, 0.15) is 58.8 Å². The minimum absolute atomic E-state index is 0.0836. The summed E-state index contributed by atoms with van der Waals surface area (Å²) in [7, 11) is 0. The van der Waals surface area contributed by atoms with E-state index >= 15 is 0 Å². The maximum Gasteiger partial charge on any atom is 0.407 e. The fourth-order valence-electron chi connectivity index (χ4n) is 4.19. The van der Waals surface area contributed by atoms with E-state index in [0.29, 0.717) is 44.2 Å². The quantitative estimate of drug-likeness (QED) is 0.359. The van der Waals surface area contributed by atoms with Crippen molar-refractivity contribution >= 4 is 23.9 Å². The Hall–Kier alpha value is -2.36. The van der Waals surface area contributed by atoms with Gasteiger partial charge in [-0.2, -0.15) is 0 Å². The zero-order valence-corrected chi connectivity index (χ0v) is 19.9. The van der Waals surface area contributed by atoms with Gasteiger partial charge in [-0.25, -0.2) is 9.59 Å². The van der Waals surface area contributed by atoms with E-state index in [9.17, 15) is 24.3 Å². The van der Waals surface area contributed by atoms with Gasteiger partial charge >= 0.3 is 12.1 Å². The minimum atomic E-state index is -1.29. The van der Waals surface area contributed by atoms with Crippen molar-refractivity contribution in [3.8, 4) is 0 Å². The molecule has 2 fully saturated rings. The second-order valence-corrected chi connectivity index (χ2v) is 9.51. The SMILES string of the molecule is CC(C)CCOC(=O)N[C@@H](CNC(=O)[C@@H]1CCCN(C(=O)CCC2CCNCC2)C1)C(=O)O. The number of hydrogen-bond acceptors (Lipinski definition) is 6. The van der Waals surface area contributed by atoms with Crippen LogP contribution in [0.5, 0.6) is 0 Å². The van der Waals surface area contributed by atoms with Crippen LogP contribution in [-0.2, 0) is 19.1 Å². The number of carbonyl (C=O) groups is 4. The lowest BCUT2D eigenvalue weighted by molar-refractivity contribution is -0.139. The minimum Gasteiger partial charge on any atom is -0.480 e. The Kier molecular flexibility index (Phi) is 11.4. The number of ether oxygens (including phenoxy) is 1. The third-order valence-electron chi connectivity index (χ3n) is 6.37. The van der Waals surface area contributed by atoms with E-state index in [1.54, 1.807) is 4.90 Å². The lowest BCUT2D eigenvalue weighted by atomic mass is 9.92. The molecule has 0 aromatic carbocycles. The Bertz CT molecular complexity index is 665. The summed E-state index contributed by atoms with van der Waals surface area (Å²) in [5.74, 6) is -0.911. The summed E-state index contributed by atoms with van der Waals surface area (Å²) in [4.78, 5) is 50.3. The topological polar surface area (TPSA) is 137 Å². The third-order valence-corrected chi connectivity index (χ3v) is 6.37. The lowest BCUT2D eigenvalue weighted by Gasteiger charge is -2.33. The van der Waals surface area contributed by atoms with Crippen LogP contribution in [0.15, 0.2) is 0 Å². The molecule has 2 aliphatic heterocycles. The lowest BCUT2D eigenvalue weighted by Crippen LogP contribution is -2.51. The molecule has 10 heteroatoms. The van der Waals surface area contributed by atoms with Crippen molar-refractivity contribution in [1.29, 1.82) is 0 Å².